The molecule has 1 unspecified atom stereocenters. The van der Waals surface area contributed by atoms with Crippen LogP contribution in [0.2, 0.25) is 5.02 Å². The zero-order chi connectivity index (χ0) is 26.9. The molecule has 1 N–H and O–H groups in total. The van der Waals surface area contributed by atoms with Gasteiger partial charge in [-0.2, -0.15) is 0 Å². The molecule has 4 rings (SSSR count). The number of aromatic nitrogens is 1. The van der Waals surface area contributed by atoms with Crippen LogP contribution in [0.5, 0.6) is 5.75 Å². The molecule has 0 aliphatic carbocycles. The third-order valence-corrected chi connectivity index (χ3v) is 7.16. The van der Waals surface area contributed by atoms with Crippen molar-refractivity contribution in [2.45, 2.75) is 19.9 Å². The Balaban J connectivity index is 1.91. The molecule has 1 saturated heterocycles. The van der Waals surface area contributed by atoms with Gasteiger partial charge in [0.1, 0.15) is 23.0 Å². The van der Waals surface area contributed by atoms with E-state index in [1.807, 2.05) is 0 Å². The van der Waals surface area contributed by atoms with Crippen LogP contribution in [0.25, 0.3) is 5.76 Å². The number of amides is 1. The minimum Gasteiger partial charge on any atom is -0.507 e. The molecule has 2 aromatic carbocycles. The second-order valence-electron chi connectivity index (χ2n) is 8.20. The normalized spacial score (nSPS) is 16.6. The SMILES string of the molecule is C=CCOc1ccc(/C(O)=C2/C(=O)C(=O)N(c3nc(C)c(C(=O)OC)s3)C2c2cccc(Cl)c2)c(C)c1. The standard InChI is InChI=1S/C27H23ClN2O6S/c1-5-11-36-18-9-10-19(14(2)12-18)22(31)20-21(16-7-6-8-17(28)13-16)30(25(33)23(20)32)27-29-15(3)24(37-27)26(34)35-4/h5-10,12-13,21,31H,1,11H2,2-4H3/b22-20-. The summed E-state index contributed by atoms with van der Waals surface area (Å²) in [6.45, 7) is 7.30. The molecule has 10 heteroatoms. The number of ether oxygens (including phenoxy) is 2. The first kappa shape index (κ1) is 26.1. The molecule has 0 spiro atoms. The van der Waals surface area contributed by atoms with Gasteiger partial charge in [0.15, 0.2) is 5.13 Å². The van der Waals surface area contributed by atoms with Gasteiger partial charge in [-0.3, -0.25) is 14.5 Å². The summed E-state index contributed by atoms with van der Waals surface area (Å²) < 4.78 is 10.4. The average Bonchev–Trinajstić information content (AvgIpc) is 3.38. The van der Waals surface area contributed by atoms with Crippen LogP contribution in [-0.2, 0) is 14.3 Å². The topological polar surface area (TPSA) is 106 Å². The zero-order valence-corrected chi connectivity index (χ0v) is 21.9. The molecule has 1 atom stereocenters. The van der Waals surface area contributed by atoms with Crippen molar-refractivity contribution in [1.29, 1.82) is 0 Å². The summed E-state index contributed by atoms with van der Waals surface area (Å²) in [6.07, 6.45) is 1.61. The fourth-order valence-corrected chi connectivity index (χ4v) is 5.29. The minimum atomic E-state index is -1.04. The summed E-state index contributed by atoms with van der Waals surface area (Å²) in [5.74, 6) is -2.16. The number of carbonyl (C=O) groups is 3. The maximum atomic E-state index is 13.4. The van der Waals surface area contributed by atoms with Crippen molar-refractivity contribution in [2.75, 3.05) is 18.6 Å². The molecule has 1 aliphatic rings. The number of halogens is 1. The van der Waals surface area contributed by atoms with E-state index in [0.717, 1.165) is 11.3 Å². The van der Waals surface area contributed by atoms with E-state index in [1.54, 1.807) is 62.4 Å². The Morgan fingerprint density at radius 1 is 1.24 bits per heavy atom. The molecule has 1 aliphatic heterocycles. The molecule has 0 saturated carbocycles. The summed E-state index contributed by atoms with van der Waals surface area (Å²) in [5, 5.41) is 11.9. The number of hydrogen-bond donors (Lipinski definition) is 1. The Bertz CT molecular complexity index is 1460. The lowest BCUT2D eigenvalue weighted by atomic mass is 9.94. The number of anilines is 1. The van der Waals surface area contributed by atoms with Crippen molar-refractivity contribution in [3.63, 3.8) is 0 Å². The number of esters is 1. The number of benzene rings is 2. The quantitative estimate of drug-likeness (QED) is 0.141. The highest BCUT2D eigenvalue weighted by atomic mass is 35.5. The van der Waals surface area contributed by atoms with Crippen molar-refractivity contribution in [3.05, 3.63) is 93.0 Å². The van der Waals surface area contributed by atoms with Crippen molar-refractivity contribution >= 4 is 51.5 Å². The number of methoxy groups -OCH3 is 1. The van der Waals surface area contributed by atoms with E-state index in [1.165, 1.54) is 12.0 Å². The fourth-order valence-electron chi connectivity index (χ4n) is 4.08. The number of aryl methyl sites for hydroxylation is 2. The highest BCUT2D eigenvalue weighted by molar-refractivity contribution is 7.17. The third kappa shape index (κ3) is 4.87. The van der Waals surface area contributed by atoms with Gasteiger partial charge in [-0.05, 0) is 55.3 Å². The van der Waals surface area contributed by atoms with Crippen LogP contribution in [0.4, 0.5) is 5.13 Å². The van der Waals surface area contributed by atoms with Gasteiger partial charge in [0.05, 0.1) is 24.4 Å². The van der Waals surface area contributed by atoms with Crippen LogP contribution in [0.3, 0.4) is 0 Å². The maximum absolute atomic E-state index is 13.4. The van der Waals surface area contributed by atoms with E-state index in [0.29, 0.717) is 39.8 Å². The molecule has 1 aromatic heterocycles. The molecule has 2 heterocycles. The number of Topliss-reactive ketones (excluding diaryl/α,β-unsaturated/α-hetero) is 1. The average molecular weight is 539 g/mol. The first-order valence-corrected chi connectivity index (χ1v) is 12.3. The molecule has 8 nitrogen and oxygen atoms in total. The van der Waals surface area contributed by atoms with E-state index in [-0.39, 0.29) is 21.3 Å². The van der Waals surface area contributed by atoms with Crippen LogP contribution < -0.4 is 9.64 Å². The van der Waals surface area contributed by atoms with Gasteiger partial charge < -0.3 is 14.6 Å². The number of rotatable bonds is 7. The molecule has 0 radical (unpaired) electrons. The van der Waals surface area contributed by atoms with Crippen LogP contribution in [-0.4, -0.2) is 41.5 Å². The fraction of sp³-hybridized carbons (Fsp3) is 0.185. The van der Waals surface area contributed by atoms with Crippen molar-refractivity contribution in [2.24, 2.45) is 0 Å². The van der Waals surface area contributed by atoms with E-state index >= 15 is 0 Å². The van der Waals surface area contributed by atoms with E-state index < -0.39 is 23.7 Å². The Labute approximate surface area is 222 Å². The number of aliphatic hydroxyl groups is 1. The molecule has 1 amide bonds. The highest BCUT2D eigenvalue weighted by Crippen LogP contribution is 2.44. The van der Waals surface area contributed by atoms with Crippen LogP contribution >= 0.6 is 22.9 Å². The number of hydrogen-bond acceptors (Lipinski definition) is 8. The minimum absolute atomic E-state index is 0.119. The summed E-state index contributed by atoms with van der Waals surface area (Å²) in [6, 6.07) is 10.6. The number of aliphatic hydroxyl groups excluding tert-OH is 1. The van der Waals surface area contributed by atoms with Crippen LogP contribution in [0.15, 0.2) is 60.7 Å². The van der Waals surface area contributed by atoms with Gasteiger partial charge in [-0.1, -0.05) is 47.7 Å². The lowest BCUT2D eigenvalue weighted by molar-refractivity contribution is -0.132. The van der Waals surface area contributed by atoms with Crippen molar-refractivity contribution in [1.82, 2.24) is 4.98 Å². The largest absolute Gasteiger partial charge is 0.507 e. The predicted octanol–water partition coefficient (Wildman–Crippen LogP) is 5.39. The first-order valence-electron chi connectivity index (χ1n) is 11.1. The van der Waals surface area contributed by atoms with Gasteiger partial charge in [0.2, 0.25) is 0 Å². The van der Waals surface area contributed by atoms with Gasteiger partial charge in [0, 0.05) is 10.6 Å². The molecule has 3 aromatic rings. The Morgan fingerprint density at radius 3 is 2.65 bits per heavy atom. The Hall–Kier alpha value is -3.95. The zero-order valence-electron chi connectivity index (χ0n) is 20.3. The van der Waals surface area contributed by atoms with Crippen LogP contribution in [0.1, 0.15) is 38.1 Å². The van der Waals surface area contributed by atoms with E-state index in [2.05, 4.69) is 11.6 Å². The molecule has 190 valence electrons. The number of thiazole rings is 1. The van der Waals surface area contributed by atoms with Gasteiger partial charge in [0.25, 0.3) is 5.78 Å². The smallest absolute Gasteiger partial charge is 0.350 e. The number of carbonyl (C=O) groups excluding carboxylic acids is 3. The first-order chi connectivity index (χ1) is 17.7. The summed E-state index contributed by atoms with van der Waals surface area (Å²) >= 11 is 7.17. The number of nitrogens with zero attached hydrogens (tertiary/aromatic N) is 2. The van der Waals surface area contributed by atoms with Gasteiger partial charge >= 0.3 is 11.9 Å². The third-order valence-electron chi connectivity index (χ3n) is 5.79. The van der Waals surface area contributed by atoms with Crippen molar-refractivity contribution in [3.8, 4) is 5.75 Å². The second kappa shape index (κ2) is 10.6. The lowest BCUT2D eigenvalue weighted by Gasteiger charge is -2.23. The van der Waals surface area contributed by atoms with Crippen LogP contribution in [0, 0.1) is 13.8 Å². The molecule has 1 fully saturated rings. The highest BCUT2D eigenvalue weighted by Gasteiger charge is 2.48. The monoisotopic (exact) mass is 538 g/mol. The number of ketones is 1. The maximum Gasteiger partial charge on any atom is 0.350 e. The Kier molecular flexibility index (Phi) is 7.47. The Morgan fingerprint density at radius 2 is 2.00 bits per heavy atom. The van der Waals surface area contributed by atoms with Gasteiger partial charge in [-0.15, -0.1) is 0 Å². The molecule has 0 bridgehead atoms. The van der Waals surface area contributed by atoms with E-state index in [4.69, 9.17) is 21.1 Å². The molecular formula is C27H23ClN2O6S. The van der Waals surface area contributed by atoms with Gasteiger partial charge in [-0.25, -0.2) is 9.78 Å². The second-order valence-corrected chi connectivity index (χ2v) is 9.62. The predicted molar refractivity (Wildman–Crippen MR) is 141 cm³/mol. The lowest BCUT2D eigenvalue weighted by Crippen LogP contribution is -2.29. The van der Waals surface area contributed by atoms with E-state index in [9.17, 15) is 19.5 Å². The summed E-state index contributed by atoms with van der Waals surface area (Å²) in [7, 11) is 1.25. The summed E-state index contributed by atoms with van der Waals surface area (Å²) in [4.78, 5) is 44.7. The molecular weight excluding hydrogens is 516 g/mol. The summed E-state index contributed by atoms with van der Waals surface area (Å²) in [5.41, 5.74) is 1.71. The van der Waals surface area contributed by atoms with Crippen molar-refractivity contribution < 1.29 is 29.0 Å². The molecule has 37 heavy (non-hydrogen) atoms.